The van der Waals surface area contributed by atoms with Gasteiger partial charge in [-0.1, -0.05) is 12.1 Å². The van der Waals surface area contributed by atoms with Crippen molar-refractivity contribution in [2.45, 2.75) is 12.8 Å². The molecule has 0 N–H and O–H groups in total. The molecule has 0 aliphatic carbocycles. The normalized spacial score (nSPS) is 15.6. The summed E-state index contributed by atoms with van der Waals surface area (Å²) in [6.45, 7) is 0.189. The fourth-order valence-corrected chi connectivity index (χ4v) is 4.59. The molecule has 0 fully saturated rings. The number of fused-ring (bicyclic) bond motifs is 2. The van der Waals surface area contributed by atoms with Gasteiger partial charge in [0, 0.05) is 16.7 Å². The minimum Gasteiger partial charge on any atom is -0.493 e. The van der Waals surface area contributed by atoms with E-state index in [4.69, 9.17) is 18.9 Å². The van der Waals surface area contributed by atoms with Gasteiger partial charge < -0.3 is 23.8 Å². The number of alkyl halides is 3. The van der Waals surface area contributed by atoms with Crippen molar-refractivity contribution in [3.05, 3.63) is 76.4 Å². The predicted molar refractivity (Wildman–Crippen MR) is 128 cm³/mol. The first kappa shape index (κ1) is 23.6. The molecule has 2 heterocycles. The van der Waals surface area contributed by atoms with Crippen molar-refractivity contribution in [2.75, 3.05) is 32.8 Å². The molecule has 0 atom stereocenters. The Kier molecular flexibility index (Phi) is 5.78. The largest absolute Gasteiger partial charge is 0.493 e. The zero-order valence-electron chi connectivity index (χ0n) is 19.7. The Morgan fingerprint density at radius 2 is 1.69 bits per heavy atom. The van der Waals surface area contributed by atoms with Gasteiger partial charge >= 0.3 is 6.18 Å². The lowest BCUT2D eigenvalue weighted by molar-refractivity contribution is -0.137. The Morgan fingerprint density at radius 1 is 0.972 bits per heavy atom. The number of hydrogen-bond donors (Lipinski definition) is 0. The fourth-order valence-electron chi connectivity index (χ4n) is 4.59. The maximum atomic E-state index is 13.6. The number of Topliss-reactive ketones (excluding diaryl/α,β-unsaturated/α-hetero) is 1. The molecule has 0 amide bonds. The maximum absolute atomic E-state index is 13.6. The minimum atomic E-state index is -4.52. The summed E-state index contributed by atoms with van der Waals surface area (Å²) < 4.78 is 62.7. The summed E-state index contributed by atoms with van der Waals surface area (Å²) in [5, 5.41) is 0. The van der Waals surface area contributed by atoms with Gasteiger partial charge in [-0.25, -0.2) is 0 Å². The third-order valence-electron chi connectivity index (χ3n) is 6.24. The second kappa shape index (κ2) is 8.82. The molecule has 3 aromatic rings. The van der Waals surface area contributed by atoms with Gasteiger partial charge in [0.15, 0.2) is 17.3 Å². The maximum Gasteiger partial charge on any atom is 0.416 e. The first-order valence-electron chi connectivity index (χ1n) is 11.0. The van der Waals surface area contributed by atoms with E-state index < -0.39 is 11.7 Å². The van der Waals surface area contributed by atoms with Gasteiger partial charge in [0.05, 0.1) is 44.8 Å². The van der Waals surface area contributed by atoms with Crippen molar-refractivity contribution in [3.63, 3.8) is 0 Å². The van der Waals surface area contributed by atoms with Crippen LogP contribution in [-0.4, -0.2) is 33.7 Å². The number of halogens is 3. The molecule has 6 nitrogen and oxygen atoms in total. The molecule has 3 aromatic carbocycles. The van der Waals surface area contributed by atoms with Gasteiger partial charge in [-0.15, -0.1) is 0 Å². The number of carbonyl (C=O) groups excluding carboxylic acids is 1. The van der Waals surface area contributed by atoms with Crippen LogP contribution >= 0.6 is 0 Å². The van der Waals surface area contributed by atoms with Crippen LogP contribution < -0.4 is 23.8 Å². The molecule has 9 heteroatoms. The van der Waals surface area contributed by atoms with Crippen LogP contribution in [0.25, 0.3) is 6.08 Å². The lowest BCUT2D eigenvalue weighted by atomic mass is 9.91. The summed E-state index contributed by atoms with van der Waals surface area (Å²) in [4.78, 5) is 15.3. The number of ketones is 1. The molecule has 36 heavy (non-hydrogen) atoms. The molecular weight excluding hydrogens is 475 g/mol. The van der Waals surface area contributed by atoms with E-state index in [9.17, 15) is 18.0 Å². The van der Waals surface area contributed by atoms with Gasteiger partial charge in [-0.05, 0) is 48.0 Å². The number of anilines is 2. The highest BCUT2D eigenvalue weighted by Gasteiger charge is 2.36. The number of para-hydroxylation sites is 1. The molecular formula is C27H22F3NO5. The van der Waals surface area contributed by atoms with E-state index in [2.05, 4.69) is 0 Å². The number of carbonyl (C=O) groups is 1. The first-order chi connectivity index (χ1) is 17.2. The smallest absolute Gasteiger partial charge is 0.416 e. The molecule has 0 radical (unpaired) electrons. The Hall–Kier alpha value is -4.14. The highest BCUT2D eigenvalue weighted by molar-refractivity contribution is 6.18. The van der Waals surface area contributed by atoms with Crippen LogP contribution in [-0.2, 0) is 12.8 Å². The van der Waals surface area contributed by atoms with Crippen molar-refractivity contribution in [3.8, 4) is 23.0 Å². The highest BCUT2D eigenvalue weighted by Crippen LogP contribution is 2.47. The number of rotatable bonds is 4. The first-order valence-corrected chi connectivity index (χ1v) is 11.0. The number of hydrogen-bond acceptors (Lipinski definition) is 6. The predicted octanol–water partition coefficient (Wildman–Crippen LogP) is 6.04. The quantitative estimate of drug-likeness (QED) is 0.410. The molecule has 5 rings (SSSR count). The number of nitrogens with zero attached hydrogens (tertiary/aromatic N) is 1. The van der Waals surface area contributed by atoms with E-state index >= 15 is 0 Å². The Balaban J connectivity index is 1.68. The van der Waals surface area contributed by atoms with E-state index in [1.807, 2.05) is 6.07 Å². The SMILES string of the molecule is COc1cc(/C=C2\CN3c4cc(C(F)(F)F)ccc4OCc4cccc(c43)C2=O)cc(OC)c1OC. The average Bonchev–Trinajstić information content (AvgIpc) is 3.03. The lowest BCUT2D eigenvalue weighted by Crippen LogP contribution is -2.31. The molecule has 0 spiro atoms. The zero-order valence-corrected chi connectivity index (χ0v) is 19.7. The van der Waals surface area contributed by atoms with Crippen LogP contribution in [0.2, 0.25) is 0 Å². The van der Waals surface area contributed by atoms with E-state index in [0.29, 0.717) is 45.4 Å². The van der Waals surface area contributed by atoms with Crippen molar-refractivity contribution < 1.29 is 36.9 Å². The van der Waals surface area contributed by atoms with Crippen LogP contribution in [0.1, 0.15) is 27.0 Å². The van der Waals surface area contributed by atoms with Gasteiger partial charge in [0.1, 0.15) is 12.4 Å². The summed E-state index contributed by atoms with van der Waals surface area (Å²) >= 11 is 0. The van der Waals surface area contributed by atoms with Crippen molar-refractivity contribution in [1.29, 1.82) is 0 Å². The summed E-state index contributed by atoms with van der Waals surface area (Å²) in [6, 6.07) is 12.0. The van der Waals surface area contributed by atoms with Gasteiger partial charge in [0.2, 0.25) is 5.75 Å². The van der Waals surface area contributed by atoms with Gasteiger partial charge in [0.25, 0.3) is 0 Å². The van der Waals surface area contributed by atoms with Crippen LogP contribution in [0, 0.1) is 0 Å². The zero-order chi connectivity index (χ0) is 25.6. The second-order valence-electron chi connectivity index (χ2n) is 8.33. The summed E-state index contributed by atoms with van der Waals surface area (Å²) in [6.07, 6.45) is -2.84. The van der Waals surface area contributed by atoms with Crippen molar-refractivity contribution in [1.82, 2.24) is 0 Å². The van der Waals surface area contributed by atoms with Crippen LogP contribution in [0.15, 0.2) is 54.1 Å². The van der Waals surface area contributed by atoms with Crippen molar-refractivity contribution in [2.24, 2.45) is 0 Å². The molecule has 2 aliphatic heterocycles. The molecule has 0 bridgehead atoms. The van der Waals surface area contributed by atoms with E-state index in [1.54, 1.807) is 35.2 Å². The fraction of sp³-hybridized carbons (Fsp3) is 0.222. The molecule has 2 aliphatic rings. The third-order valence-corrected chi connectivity index (χ3v) is 6.24. The molecule has 0 aromatic heterocycles. The highest BCUT2D eigenvalue weighted by atomic mass is 19.4. The van der Waals surface area contributed by atoms with Gasteiger partial charge in [-0.3, -0.25) is 4.79 Å². The van der Waals surface area contributed by atoms with Crippen molar-refractivity contribution >= 4 is 23.2 Å². The van der Waals surface area contributed by atoms with Crippen LogP contribution in [0.4, 0.5) is 24.5 Å². The molecule has 0 saturated heterocycles. The number of benzene rings is 3. The third kappa shape index (κ3) is 3.90. The topological polar surface area (TPSA) is 57.2 Å². The minimum absolute atomic E-state index is 0.0528. The standard InChI is InChI=1S/C27H22F3NO5/c1-33-22-10-15(11-23(34-2)26(22)35-3)9-17-13-31-20-12-18(27(28,29)30)7-8-21(20)36-14-16-5-4-6-19(24(16)31)25(17)32/h4-12H,13-14H2,1-3H3/b17-9+. The molecule has 0 unspecified atom stereocenters. The monoisotopic (exact) mass is 497 g/mol. The lowest BCUT2D eigenvalue weighted by Gasteiger charge is -2.33. The van der Waals surface area contributed by atoms with Crippen LogP contribution in [0.5, 0.6) is 23.0 Å². The Labute approximate surface area is 205 Å². The number of ether oxygens (including phenoxy) is 4. The summed E-state index contributed by atoms with van der Waals surface area (Å²) in [7, 11) is 4.47. The summed E-state index contributed by atoms with van der Waals surface area (Å²) in [5.74, 6) is 1.33. The Bertz CT molecular complexity index is 1370. The molecule has 186 valence electrons. The van der Waals surface area contributed by atoms with E-state index in [1.165, 1.54) is 27.4 Å². The Morgan fingerprint density at radius 3 is 2.33 bits per heavy atom. The number of methoxy groups -OCH3 is 3. The summed E-state index contributed by atoms with van der Waals surface area (Å²) in [5.41, 5.74) is 2.13. The van der Waals surface area contributed by atoms with E-state index in [0.717, 1.165) is 17.7 Å². The molecule has 0 saturated carbocycles. The average molecular weight is 497 g/mol. The van der Waals surface area contributed by atoms with Crippen LogP contribution in [0.3, 0.4) is 0 Å². The second-order valence-corrected chi connectivity index (χ2v) is 8.33. The van der Waals surface area contributed by atoms with E-state index in [-0.39, 0.29) is 24.6 Å². The van der Waals surface area contributed by atoms with Gasteiger partial charge in [-0.2, -0.15) is 13.2 Å².